The molecule has 0 unspecified atom stereocenters. The van der Waals surface area contributed by atoms with Gasteiger partial charge in [-0.2, -0.15) is 0 Å². The van der Waals surface area contributed by atoms with E-state index in [1.807, 2.05) is 24.3 Å². The van der Waals surface area contributed by atoms with E-state index in [2.05, 4.69) is 29.6 Å². The van der Waals surface area contributed by atoms with Gasteiger partial charge in [-0.15, -0.1) is 23.2 Å². The predicted molar refractivity (Wildman–Crippen MR) is 87.6 cm³/mol. The summed E-state index contributed by atoms with van der Waals surface area (Å²) in [5, 5.41) is 0. The molecule has 1 rings (SSSR count). The van der Waals surface area contributed by atoms with Crippen LogP contribution in [0.15, 0.2) is 24.3 Å². The Morgan fingerprint density at radius 2 is 1.33 bits per heavy atom. The van der Waals surface area contributed by atoms with Crippen LogP contribution in [0.4, 0.5) is 0 Å². The van der Waals surface area contributed by atoms with Crippen molar-refractivity contribution in [2.45, 2.75) is 26.6 Å². The minimum atomic E-state index is 0. The minimum absolute atomic E-state index is 0. The Hall–Kier alpha value is 1.68. The van der Waals surface area contributed by atoms with E-state index in [1.165, 1.54) is 7.11 Å². The molecule has 100 valence electrons. The Morgan fingerprint density at radius 3 is 1.44 bits per heavy atom. The Bertz CT molecular complexity index is 272. The number of hydrogen-bond acceptors (Lipinski definition) is 2. The molecule has 1 aromatic carbocycles. The molecule has 0 bridgehead atoms. The molecule has 0 aliphatic carbocycles. The first-order valence-corrected chi connectivity index (χ1v) is 6.03. The van der Waals surface area contributed by atoms with Crippen molar-refractivity contribution in [1.29, 1.82) is 0 Å². The minimum Gasteiger partial charge on any atom is -0.482 e. The van der Waals surface area contributed by atoms with Crippen LogP contribution in [-0.4, -0.2) is 11.5 Å². The number of rotatable bonds is 2. The van der Waals surface area contributed by atoms with Gasteiger partial charge in [-0.25, -0.2) is 0 Å². The molecule has 0 aromatic heterocycles. The molecule has 0 saturated heterocycles. The van der Waals surface area contributed by atoms with Gasteiger partial charge in [0.1, 0.15) is 0 Å². The second-order valence-electron chi connectivity index (χ2n) is 2.55. The van der Waals surface area contributed by atoms with Crippen molar-refractivity contribution >= 4 is 52.4 Å². The number of thiol groups is 1. The van der Waals surface area contributed by atoms with Gasteiger partial charge in [-0.1, -0.05) is 51.7 Å². The van der Waals surface area contributed by atoms with Gasteiger partial charge < -0.3 is 4.74 Å². The third kappa shape index (κ3) is 15.7. The Morgan fingerprint density at radius 1 is 1.11 bits per heavy atom. The average Bonchev–Trinajstić information content (AvgIpc) is 2.30. The number of hydrogen-bond donors (Lipinski definition) is 1. The molecule has 0 N–H and O–H groups in total. The summed E-state index contributed by atoms with van der Waals surface area (Å²) in [5.74, 6) is 1.14. The molecule has 0 fully saturated rings. The molecule has 0 aliphatic heterocycles. The van der Waals surface area contributed by atoms with Crippen LogP contribution in [0, 0.1) is 0 Å². The molecule has 6 heteroatoms. The van der Waals surface area contributed by atoms with E-state index in [1.54, 1.807) is 0 Å². The summed E-state index contributed by atoms with van der Waals surface area (Å²) in [6.45, 7) is 0. The van der Waals surface area contributed by atoms with Gasteiger partial charge in [0.15, 0.2) is 0 Å². The second kappa shape index (κ2) is 18.7. The molecule has 18 heavy (non-hydrogen) atoms. The summed E-state index contributed by atoms with van der Waals surface area (Å²) in [4.78, 5) is 0. The van der Waals surface area contributed by atoms with Gasteiger partial charge in [-0.3, -0.25) is 0 Å². The molecule has 0 spiro atoms. The summed E-state index contributed by atoms with van der Waals surface area (Å²) in [7, 11) is 1.48. The Kier molecular flexibility index (Phi) is 29.0. The van der Waals surface area contributed by atoms with Crippen LogP contribution in [-0.2, 0) is 16.5 Å². The van der Waals surface area contributed by atoms with E-state index < -0.39 is 0 Å². The van der Waals surface area contributed by atoms with Crippen molar-refractivity contribution < 1.29 is 56.1 Å². The molecular weight excluding hydrogens is 334 g/mol. The van der Waals surface area contributed by atoms with E-state index in [9.17, 15) is 0 Å². The number of thiocarbonyl (C=S) groups is 1. The zero-order chi connectivity index (χ0) is 11.7. The summed E-state index contributed by atoms with van der Waals surface area (Å²) < 4.78 is 4.63. The molecule has 0 saturated carbocycles. The topological polar surface area (TPSA) is 9.23 Å². The molecular formula is C12H20Cl2KOS2+. The Labute approximate surface area is 175 Å². The number of ether oxygens (including phenoxy) is 1. The van der Waals surface area contributed by atoms with Crippen molar-refractivity contribution in [3.8, 4) is 0 Å². The fraction of sp³-hybridized carbons (Fsp3) is 0.417. The summed E-state index contributed by atoms with van der Waals surface area (Å²) in [6.07, 6.45) is 0. The van der Waals surface area contributed by atoms with Crippen molar-refractivity contribution in [3.63, 3.8) is 0 Å². The molecule has 0 aliphatic rings. The average molecular weight is 354 g/mol. The Balaban J connectivity index is -0.000000109. The van der Waals surface area contributed by atoms with Crippen LogP contribution in [0.25, 0.3) is 0 Å². The maximum atomic E-state index is 5.59. The fourth-order valence-electron chi connectivity index (χ4n) is 0.717. The summed E-state index contributed by atoms with van der Waals surface area (Å²) in [5.41, 5.74) is 2.27. The quantitative estimate of drug-likeness (QED) is 0.378. The van der Waals surface area contributed by atoms with Crippen LogP contribution in [0.1, 0.15) is 26.0 Å². The van der Waals surface area contributed by atoms with Gasteiger partial charge in [0.25, 0.3) is 0 Å². The standard InChI is InChI=1S/C8H8Cl2.C2H4OS2.2CH4.K/c9-5-7-1-2-8(6-10)4-3-7;1-3-2(4)5;;;/h1-4H,5-6H2;1H3,(H,4,5);2*1H4;/q;;;;+1. The molecule has 1 aromatic rings. The zero-order valence-corrected chi connectivity index (χ0v) is 15.6. The monoisotopic (exact) mass is 353 g/mol. The van der Waals surface area contributed by atoms with E-state index >= 15 is 0 Å². The normalized spacial score (nSPS) is 7.33. The van der Waals surface area contributed by atoms with Crippen molar-refractivity contribution in [1.82, 2.24) is 0 Å². The van der Waals surface area contributed by atoms with E-state index in [-0.39, 0.29) is 70.6 Å². The molecule has 0 atom stereocenters. The maximum Gasteiger partial charge on any atom is 1.00 e. The maximum absolute atomic E-state index is 5.59. The molecule has 0 radical (unpaired) electrons. The third-order valence-electron chi connectivity index (χ3n) is 1.51. The van der Waals surface area contributed by atoms with Gasteiger partial charge in [-0.05, 0) is 23.3 Å². The molecule has 0 amide bonds. The number of benzene rings is 1. The number of halogens is 2. The third-order valence-corrected chi connectivity index (χ3v) is 2.47. The van der Waals surface area contributed by atoms with Crippen LogP contribution < -0.4 is 51.4 Å². The van der Waals surface area contributed by atoms with Gasteiger partial charge >= 0.3 is 51.4 Å². The van der Waals surface area contributed by atoms with E-state index in [0.717, 1.165) is 11.1 Å². The summed E-state index contributed by atoms with van der Waals surface area (Å²) >= 11 is 19.1. The van der Waals surface area contributed by atoms with Crippen molar-refractivity contribution in [3.05, 3.63) is 35.4 Å². The fourth-order valence-corrected chi connectivity index (χ4v) is 1.07. The van der Waals surface area contributed by atoms with Gasteiger partial charge in [0.05, 0.1) is 7.11 Å². The number of alkyl halides is 2. The van der Waals surface area contributed by atoms with Crippen LogP contribution in [0.3, 0.4) is 0 Å². The molecule has 1 nitrogen and oxygen atoms in total. The van der Waals surface area contributed by atoms with Crippen LogP contribution >= 0.6 is 48.0 Å². The predicted octanol–water partition coefficient (Wildman–Crippen LogP) is 2.29. The van der Waals surface area contributed by atoms with Crippen LogP contribution in [0.5, 0.6) is 0 Å². The molecule has 0 heterocycles. The van der Waals surface area contributed by atoms with Crippen molar-refractivity contribution in [2.24, 2.45) is 0 Å². The summed E-state index contributed by atoms with van der Waals surface area (Å²) in [6, 6.07) is 7.96. The first kappa shape index (κ1) is 27.9. The first-order chi connectivity index (χ1) is 7.13. The van der Waals surface area contributed by atoms with E-state index in [4.69, 9.17) is 23.2 Å². The SMILES string of the molecule is C.C.COC(=S)S.ClCc1ccc(CCl)cc1.[K+]. The smallest absolute Gasteiger partial charge is 0.482 e. The van der Waals surface area contributed by atoms with Gasteiger partial charge in [0, 0.05) is 11.8 Å². The second-order valence-corrected chi connectivity index (χ2v) is 4.17. The van der Waals surface area contributed by atoms with E-state index in [0.29, 0.717) is 11.8 Å². The largest absolute Gasteiger partial charge is 1.00 e. The van der Waals surface area contributed by atoms with Gasteiger partial charge in [0.2, 0.25) is 4.38 Å². The van der Waals surface area contributed by atoms with Crippen LogP contribution in [0.2, 0.25) is 0 Å². The zero-order valence-electron chi connectivity index (χ0n) is 9.24. The van der Waals surface area contributed by atoms with Crippen molar-refractivity contribution in [2.75, 3.05) is 7.11 Å². The first-order valence-electron chi connectivity index (χ1n) is 4.10. The number of methoxy groups -OCH3 is 1.